The molecule has 1 amide bonds. The molecular weight excluding hydrogens is 166 g/mol. The van der Waals surface area contributed by atoms with Crippen LogP contribution in [0.15, 0.2) is 18.3 Å². The number of primary amides is 1. The van der Waals surface area contributed by atoms with E-state index in [4.69, 9.17) is 11.5 Å². The second-order valence-corrected chi connectivity index (χ2v) is 3.04. The fourth-order valence-corrected chi connectivity index (χ4v) is 1.02. The maximum Gasteiger partial charge on any atom is 0.219 e. The third-order valence-corrected chi connectivity index (χ3v) is 1.74. The van der Waals surface area contributed by atoms with E-state index in [9.17, 15) is 4.79 Å². The van der Waals surface area contributed by atoms with Crippen molar-refractivity contribution in [3.05, 3.63) is 29.6 Å². The molecule has 0 aromatic carbocycles. The van der Waals surface area contributed by atoms with Crippen LogP contribution in [0.4, 0.5) is 0 Å². The highest BCUT2D eigenvalue weighted by atomic mass is 16.1. The number of rotatable bonds is 3. The summed E-state index contributed by atoms with van der Waals surface area (Å²) < 4.78 is 0. The van der Waals surface area contributed by atoms with Gasteiger partial charge in [-0.15, -0.1) is 0 Å². The molecule has 0 fully saturated rings. The molecular formula is C9H13N3O. The molecule has 13 heavy (non-hydrogen) atoms. The summed E-state index contributed by atoms with van der Waals surface area (Å²) in [6.45, 7) is 1.94. The van der Waals surface area contributed by atoms with Gasteiger partial charge in [-0.25, -0.2) is 0 Å². The number of nitrogens with two attached hydrogens (primary N) is 2. The van der Waals surface area contributed by atoms with Crippen LogP contribution in [0, 0.1) is 6.92 Å². The standard InChI is InChI=1S/C9H13N3O/c1-6-2-3-8(12-5-6)7(10)4-9(11)13/h2-3,5,7H,4,10H2,1H3,(H2,11,13)/t7-/m1/s1. The number of carbonyl (C=O) groups is 1. The molecule has 1 atom stereocenters. The lowest BCUT2D eigenvalue weighted by Gasteiger charge is -2.08. The lowest BCUT2D eigenvalue weighted by Crippen LogP contribution is -2.21. The van der Waals surface area contributed by atoms with E-state index >= 15 is 0 Å². The van der Waals surface area contributed by atoms with Crippen molar-refractivity contribution >= 4 is 5.91 Å². The maximum absolute atomic E-state index is 10.6. The number of carbonyl (C=O) groups excluding carboxylic acids is 1. The molecule has 0 spiro atoms. The van der Waals surface area contributed by atoms with Crippen LogP contribution in [0.25, 0.3) is 0 Å². The average Bonchev–Trinajstić information content (AvgIpc) is 2.04. The molecule has 0 radical (unpaired) electrons. The van der Waals surface area contributed by atoms with Crippen LogP contribution in [0.3, 0.4) is 0 Å². The minimum atomic E-state index is -0.408. The molecule has 1 aromatic heterocycles. The highest BCUT2D eigenvalue weighted by molar-refractivity contribution is 5.74. The van der Waals surface area contributed by atoms with Crippen molar-refractivity contribution in [2.75, 3.05) is 0 Å². The van der Waals surface area contributed by atoms with Crippen LogP contribution in [0.2, 0.25) is 0 Å². The summed E-state index contributed by atoms with van der Waals surface area (Å²) in [6, 6.07) is 3.32. The Bertz CT molecular complexity index is 294. The SMILES string of the molecule is Cc1ccc([C@H](N)CC(N)=O)nc1. The molecule has 4 nitrogen and oxygen atoms in total. The van der Waals surface area contributed by atoms with E-state index in [0.29, 0.717) is 5.69 Å². The fraction of sp³-hybridized carbons (Fsp3) is 0.333. The normalized spacial score (nSPS) is 12.5. The first-order valence-electron chi connectivity index (χ1n) is 4.06. The summed E-state index contributed by atoms with van der Waals surface area (Å²) >= 11 is 0. The van der Waals surface area contributed by atoms with Crippen LogP contribution in [0.1, 0.15) is 23.7 Å². The predicted octanol–water partition coefficient (Wildman–Crippen LogP) is 0.265. The van der Waals surface area contributed by atoms with Crippen LogP contribution >= 0.6 is 0 Å². The Labute approximate surface area is 77.0 Å². The minimum absolute atomic E-state index is 0.135. The first kappa shape index (κ1) is 9.67. The summed E-state index contributed by atoms with van der Waals surface area (Å²) in [5.41, 5.74) is 12.5. The zero-order valence-electron chi connectivity index (χ0n) is 7.53. The van der Waals surface area contributed by atoms with Gasteiger partial charge in [0.2, 0.25) is 5.91 Å². The second kappa shape index (κ2) is 4.00. The minimum Gasteiger partial charge on any atom is -0.370 e. The molecule has 1 rings (SSSR count). The zero-order valence-corrected chi connectivity index (χ0v) is 7.53. The molecule has 0 saturated carbocycles. The van der Waals surface area contributed by atoms with Crippen LogP contribution < -0.4 is 11.5 Å². The number of aromatic nitrogens is 1. The largest absolute Gasteiger partial charge is 0.370 e. The lowest BCUT2D eigenvalue weighted by molar-refractivity contribution is -0.118. The number of hydrogen-bond donors (Lipinski definition) is 2. The summed E-state index contributed by atoms with van der Waals surface area (Å²) in [5, 5.41) is 0. The number of aryl methyl sites for hydroxylation is 1. The number of amides is 1. The molecule has 4 N–H and O–H groups in total. The van der Waals surface area contributed by atoms with Gasteiger partial charge in [-0.3, -0.25) is 9.78 Å². The fourth-order valence-electron chi connectivity index (χ4n) is 1.02. The summed E-state index contributed by atoms with van der Waals surface area (Å²) in [5.74, 6) is -0.408. The van der Waals surface area contributed by atoms with E-state index in [2.05, 4.69) is 4.98 Å². The molecule has 70 valence electrons. The molecule has 0 aliphatic rings. The maximum atomic E-state index is 10.6. The Hall–Kier alpha value is -1.42. The number of pyridine rings is 1. The van der Waals surface area contributed by atoms with Gasteiger partial charge < -0.3 is 11.5 Å². The van der Waals surface area contributed by atoms with Crippen molar-refractivity contribution in [3.8, 4) is 0 Å². The van der Waals surface area contributed by atoms with Crippen LogP contribution in [-0.2, 0) is 4.79 Å². The van der Waals surface area contributed by atoms with Crippen molar-refractivity contribution in [2.45, 2.75) is 19.4 Å². The quantitative estimate of drug-likeness (QED) is 0.698. The van der Waals surface area contributed by atoms with E-state index in [1.165, 1.54) is 0 Å². The monoisotopic (exact) mass is 179 g/mol. The lowest BCUT2D eigenvalue weighted by atomic mass is 10.1. The topological polar surface area (TPSA) is 82.0 Å². The third-order valence-electron chi connectivity index (χ3n) is 1.74. The van der Waals surface area contributed by atoms with Gasteiger partial charge in [0.25, 0.3) is 0 Å². The van der Waals surface area contributed by atoms with E-state index in [-0.39, 0.29) is 6.42 Å². The first-order valence-corrected chi connectivity index (χ1v) is 4.06. The Morgan fingerprint density at radius 3 is 2.77 bits per heavy atom. The third kappa shape index (κ3) is 2.83. The highest BCUT2D eigenvalue weighted by Gasteiger charge is 2.09. The van der Waals surface area contributed by atoms with Gasteiger partial charge in [0, 0.05) is 12.6 Å². The summed E-state index contributed by atoms with van der Waals surface area (Å²) in [7, 11) is 0. The van der Waals surface area contributed by atoms with Crippen LogP contribution in [-0.4, -0.2) is 10.9 Å². The van der Waals surface area contributed by atoms with Crippen molar-refractivity contribution in [2.24, 2.45) is 11.5 Å². The van der Waals surface area contributed by atoms with Crippen molar-refractivity contribution < 1.29 is 4.79 Å². The summed E-state index contributed by atoms with van der Waals surface area (Å²) in [4.78, 5) is 14.7. The Morgan fingerprint density at radius 1 is 1.62 bits per heavy atom. The molecule has 1 aromatic rings. The van der Waals surface area contributed by atoms with Gasteiger partial charge in [0.15, 0.2) is 0 Å². The van der Waals surface area contributed by atoms with Gasteiger partial charge in [-0.2, -0.15) is 0 Å². The van der Waals surface area contributed by atoms with E-state index in [0.717, 1.165) is 5.56 Å². The predicted molar refractivity (Wildman–Crippen MR) is 49.7 cm³/mol. The van der Waals surface area contributed by atoms with Crippen molar-refractivity contribution in [1.82, 2.24) is 4.98 Å². The molecule has 0 aliphatic heterocycles. The first-order chi connectivity index (χ1) is 6.09. The molecule has 0 saturated heterocycles. The Kier molecular flexibility index (Phi) is 2.97. The number of hydrogen-bond acceptors (Lipinski definition) is 3. The van der Waals surface area contributed by atoms with Crippen molar-refractivity contribution in [1.29, 1.82) is 0 Å². The van der Waals surface area contributed by atoms with Gasteiger partial charge in [-0.1, -0.05) is 6.07 Å². The second-order valence-electron chi connectivity index (χ2n) is 3.04. The Balaban J connectivity index is 2.71. The van der Waals surface area contributed by atoms with Gasteiger partial charge in [0.05, 0.1) is 11.7 Å². The summed E-state index contributed by atoms with van der Waals surface area (Å²) in [6.07, 6.45) is 1.85. The van der Waals surface area contributed by atoms with Gasteiger partial charge in [0.1, 0.15) is 0 Å². The highest BCUT2D eigenvalue weighted by Crippen LogP contribution is 2.10. The van der Waals surface area contributed by atoms with Gasteiger partial charge >= 0.3 is 0 Å². The molecule has 0 bridgehead atoms. The van der Waals surface area contributed by atoms with Gasteiger partial charge in [-0.05, 0) is 18.6 Å². The Morgan fingerprint density at radius 2 is 2.31 bits per heavy atom. The average molecular weight is 179 g/mol. The molecule has 1 heterocycles. The van der Waals surface area contributed by atoms with Crippen LogP contribution in [0.5, 0.6) is 0 Å². The molecule has 0 unspecified atom stereocenters. The van der Waals surface area contributed by atoms with E-state index < -0.39 is 11.9 Å². The van der Waals surface area contributed by atoms with E-state index in [1.807, 2.05) is 19.1 Å². The molecule has 4 heteroatoms. The smallest absolute Gasteiger partial charge is 0.219 e. The molecule has 0 aliphatic carbocycles. The number of nitrogens with zero attached hydrogens (tertiary/aromatic N) is 1. The van der Waals surface area contributed by atoms with Crippen molar-refractivity contribution in [3.63, 3.8) is 0 Å². The van der Waals surface area contributed by atoms with E-state index in [1.54, 1.807) is 6.20 Å². The zero-order chi connectivity index (χ0) is 9.84.